The van der Waals surface area contributed by atoms with Gasteiger partial charge in [0.2, 0.25) is 0 Å². The fourth-order valence-electron chi connectivity index (χ4n) is 3.00. The molecule has 106 valence electrons. The first-order valence-corrected chi connectivity index (χ1v) is 8.41. The van der Waals surface area contributed by atoms with E-state index in [2.05, 4.69) is 44.2 Å². The van der Waals surface area contributed by atoms with Gasteiger partial charge in [0.15, 0.2) is 0 Å². The number of hydrogen-bond donors (Lipinski definition) is 1. The maximum atomic E-state index is 6.44. The molecule has 1 aliphatic carbocycles. The largest absolute Gasteiger partial charge is 0.320 e. The smallest absolute Gasteiger partial charge is 0.0646 e. The average molecular weight is 285 g/mol. The van der Waals surface area contributed by atoms with E-state index in [0.717, 1.165) is 6.42 Å². The van der Waals surface area contributed by atoms with E-state index in [1.165, 1.54) is 40.8 Å². The quantitative estimate of drug-likeness (QED) is 0.880. The molecule has 1 aliphatic rings. The molecule has 0 amide bonds. The molecule has 0 aliphatic heterocycles. The van der Waals surface area contributed by atoms with Gasteiger partial charge in [-0.2, -0.15) is 0 Å². The van der Waals surface area contributed by atoms with E-state index in [-0.39, 0.29) is 6.04 Å². The third kappa shape index (κ3) is 2.82. The molecule has 20 heavy (non-hydrogen) atoms. The summed E-state index contributed by atoms with van der Waals surface area (Å²) in [5.74, 6) is 0.704. The lowest BCUT2D eigenvalue weighted by Gasteiger charge is -2.12. The summed E-state index contributed by atoms with van der Waals surface area (Å²) in [6.07, 6.45) is 4.95. The standard InChI is InChI=1S/C18H23NS/c1-12(2)10-13-6-8-14(9-7-13)18(19)17-11-15-4-3-5-16(15)20-17/h6-9,11-12,18H,3-5,10,19H2,1-2H3. The van der Waals surface area contributed by atoms with Gasteiger partial charge in [0, 0.05) is 9.75 Å². The molecule has 0 fully saturated rings. The first-order valence-electron chi connectivity index (χ1n) is 7.59. The lowest BCUT2D eigenvalue weighted by molar-refractivity contribution is 0.647. The zero-order chi connectivity index (χ0) is 14.1. The maximum absolute atomic E-state index is 6.44. The van der Waals surface area contributed by atoms with Gasteiger partial charge in [-0.05, 0) is 54.4 Å². The van der Waals surface area contributed by atoms with Gasteiger partial charge < -0.3 is 5.73 Å². The second-order valence-electron chi connectivity index (χ2n) is 6.27. The minimum Gasteiger partial charge on any atom is -0.320 e. The summed E-state index contributed by atoms with van der Waals surface area (Å²) in [5.41, 5.74) is 10.6. The van der Waals surface area contributed by atoms with Crippen LogP contribution in [0.1, 0.15) is 52.8 Å². The van der Waals surface area contributed by atoms with E-state index in [1.807, 2.05) is 11.3 Å². The molecule has 2 heteroatoms. The van der Waals surface area contributed by atoms with Crippen molar-refractivity contribution in [2.45, 2.75) is 45.6 Å². The molecule has 1 unspecified atom stereocenters. The first kappa shape index (κ1) is 13.8. The molecule has 2 aromatic rings. The Morgan fingerprint density at radius 2 is 1.90 bits per heavy atom. The third-order valence-corrected chi connectivity index (χ3v) is 5.38. The fourth-order valence-corrected chi connectivity index (χ4v) is 4.29. The van der Waals surface area contributed by atoms with Crippen molar-refractivity contribution >= 4 is 11.3 Å². The van der Waals surface area contributed by atoms with E-state index in [0.29, 0.717) is 5.92 Å². The van der Waals surface area contributed by atoms with Crippen LogP contribution in [0.5, 0.6) is 0 Å². The monoisotopic (exact) mass is 285 g/mol. The highest BCUT2D eigenvalue weighted by atomic mass is 32.1. The summed E-state index contributed by atoms with van der Waals surface area (Å²) < 4.78 is 0. The van der Waals surface area contributed by atoms with Crippen LogP contribution in [0.3, 0.4) is 0 Å². The Morgan fingerprint density at radius 3 is 2.55 bits per heavy atom. The normalized spacial score (nSPS) is 15.6. The van der Waals surface area contributed by atoms with Gasteiger partial charge in [-0.3, -0.25) is 0 Å². The van der Waals surface area contributed by atoms with Crippen molar-refractivity contribution in [1.82, 2.24) is 0 Å². The Balaban J connectivity index is 1.77. The van der Waals surface area contributed by atoms with Gasteiger partial charge in [-0.25, -0.2) is 0 Å². The van der Waals surface area contributed by atoms with Crippen LogP contribution in [0, 0.1) is 5.92 Å². The fraction of sp³-hybridized carbons (Fsp3) is 0.444. The molecular formula is C18H23NS. The summed E-state index contributed by atoms with van der Waals surface area (Å²) in [6, 6.07) is 11.2. The van der Waals surface area contributed by atoms with E-state index in [1.54, 1.807) is 4.88 Å². The lowest BCUT2D eigenvalue weighted by Crippen LogP contribution is -2.10. The summed E-state index contributed by atoms with van der Waals surface area (Å²) in [6.45, 7) is 4.51. The van der Waals surface area contributed by atoms with Crippen molar-refractivity contribution in [3.05, 3.63) is 56.8 Å². The van der Waals surface area contributed by atoms with E-state index in [9.17, 15) is 0 Å². The molecule has 0 saturated heterocycles. The first-order chi connectivity index (χ1) is 9.63. The summed E-state index contributed by atoms with van der Waals surface area (Å²) >= 11 is 1.91. The number of benzene rings is 1. The molecule has 3 rings (SSSR count). The van der Waals surface area contributed by atoms with Crippen LogP contribution in [-0.4, -0.2) is 0 Å². The SMILES string of the molecule is CC(C)Cc1ccc(C(N)c2cc3c(s2)CCC3)cc1. The molecule has 1 nitrogen and oxygen atoms in total. The molecule has 0 saturated carbocycles. The molecule has 2 N–H and O–H groups in total. The molecule has 0 bridgehead atoms. The van der Waals surface area contributed by atoms with Crippen LogP contribution >= 0.6 is 11.3 Å². The van der Waals surface area contributed by atoms with Crippen molar-refractivity contribution in [2.75, 3.05) is 0 Å². The molecule has 0 spiro atoms. The zero-order valence-corrected chi connectivity index (χ0v) is 13.2. The molecule has 1 aromatic carbocycles. The topological polar surface area (TPSA) is 26.0 Å². The Kier molecular flexibility index (Phi) is 3.95. The summed E-state index contributed by atoms with van der Waals surface area (Å²) in [4.78, 5) is 2.89. The van der Waals surface area contributed by atoms with Crippen molar-refractivity contribution in [3.63, 3.8) is 0 Å². The van der Waals surface area contributed by atoms with E-state index in [4.69, 9.17) is 5.73 Å². The Labute approximate surface area is 125 Å². The van der Waals surface area contributed by atoms with E-state index < -0.39 is 0 Å². The highest BCUT2D eigenvalue weighted by Gasteiger charge is 2.18. The zero-order valence-electron chi connectivity index (χ0n) is 12.4. The van der Waals surface area contributed by atoms with Gasteiger partial charge in [0.25, 0.3) is 0 Å². The van der Waals surface area contributed by atoms with Crippen molar-refractivity contribution in [3.8, 4) is 0 Å². The Morgan fingerprint density at radius 1 is 1.15 bits per heavy atom. The molecule has 0 radical (unpaired) electrons. The minimum atomic E-state index is 0.0405. The summed E-state index contributed by atoms with van der Waals surface area (Å²) in [7, 11) is 0. The number of thiophene rings is 1. The number of hydrogen-bond acceptors (Lipinski definition) is 2. The average Bonchev–Trinajstić information content (AvgIpc) is 2.98. The van der Waals surface area contributed by atoms with Gasteiger partial charge >= 0.3 is 0 Å². The number of aryl methyl sites for hydroxylation is 2. The van der Waals surface area contributed by atoms with Crippen LogP contribution < -0.4 is 5.73 Å². The van der Waals surface area contributed by atoms with Gasteiger partial charge in [0.05, 0.1) is 6.04 Å². The van der Waals surface area contributed by atoms with Crippen molar-refractivity contribution < 1.29 is 0 Å². The van der Waals surface area contributed by atoms with Gasteiger partial charge in [-0.15, -0.1) is 11.3 Å². The van der Waals surface area contributed by atoms with Gasteiger partial charge in [0.1, 0.15) is 0 Å². The van der Waals surface area contributed by atoms with Gasteiger partial charge in [-0.1, -0.05) is 38.1 Å². The minimum absolute atomic E-state index is 0.0405. The molecular weight excluding hydrogens is 262 g/mol. The van der Waals surface area contributed by atoms with Crippen LogP contribution in [0.4, 0.5) is 0 Å². The highest BCUT2D eigenvalue weighted by molar-refractivity contribution is 7.12. The Bertz CT molecular complexity index is 558. The summed E-state index contributed by atoms with van der Waals surface area (Å²) in [5, 5.41) is 0. The number of nitrogens with two attached hydrogens (primary N) is 1. The highest BCUT2D eigenvalue weighted by Crippen LogP contribution is 2.35. The predicted molar refractivity (Wildman–Crippen MR) is 87.4 cm³/mol. The lowest BCUT2D eigenvalue weighted by atomic mass is 9.99. The van der Waals surface area contributed by atoms with Crippen LogP contribution in [0.2, 0.25) is 0 Å². The number of rotatable bonds is 4. The van der Waals surface area contributed by atoms with Crippen LogP contribution in [0.15, 0.2) is 30.3 Å². The van der Waals surface area contributed by atoms with Crippen LogP contribution in [-0.2, 0) is 19.3 Å². The van der Waals surface area contributed by atoms with Crippen LogP contribution in [0.25, 0.3) is 0 Å². The van der Waals surface area contributed by atoms with E-state index >= 15 is 0 Å². The van der Waals surface area contributed by atoms with Crippen molar-refractivity contribution in [1.29, 1.82) is 0 Å². The predicted octanol–water partition coefficient (Wildman–Crippen LogP) is 4.48. The molecule has 1 aromatic heterocycles. The molecule has 1 atom stereocenters. The maximum Gasteiger partial charge on any atom is 0.0646 e. The Hall–Kier alpha value is -1.12. The number of fused-ring (bicyclic) bond motifs is 1. The third-order valence-electron chi connectivity index (χ3n) is 4.05. The second kappa shape index (κ2) is 5.71. The second-order valence-corrected chi connectivity index (χ2v) is 7.44. The molecule has 1 heterocycles. The van der Waals surface area contributed by atoms with Crippen molar-refractivity contribution in [2.24, 2.45) is 11.7 Å².